The summed E-state index contributed by atoms with van der Waals surface area (Å²) in [7, 11) is 0. The Bertz CT molecular complexity index is 891. The van der Waals surface area contributed by atoms with E-state index >= 15 is 0 Å². The van der Waals surface area contributed by atoms with Gasteiger partial charge in [0.25, 0.3) is 0 Å². The number of aromatic nitrogens is 2. The van der Waals surface area contributed by atoms with Gasteiger partial charge in [0.1, 0.15) is 12.4 Å². The van der Waals surface area contributed by atoms with Crippen LogP contribution in [-0.4, -0.2) is 21.0 Å². The van der Waals surface area contributed by atoms with Crippen molar-refractivity contribution in [3.05, 3.63) is 65.0 Å². The minimum Gasteiger partial charge on any atom is -0.508 e. The van der Waals surface area contributed by atoms with Crippen LogP contribution >= 0.6 is 0 Å². The molecule has 0 bridgehead atoms. The molecule has 1 heterocycles. The molecule has 1 N–H and O–H groups in total. The van der Waals surface area contributed by atoms with Gasteiger partial charge < -0.3 is 9.84 Å². The number of rotatable bonds is 3. The number of ether oxygens (including phenoxy) is 1. The van der Waals surface area contributed by atoms with Crippen molar-refractivity contribution < 1.29 is 14.6 Å². The van der Waals surface area contributed by atoms with Crippen LogP contribution < -0.4 is 0 Å². The SMILES string of the molecule is Cc1ccc(C(=O)OCc2nc3ccccc3nc2C)cc1O. The van der Waals surface area contributed by atoms with Crippen LogP contribution in [0.5, 0.6) is 5.75 Å². The minimum atomic E-state index is -0.505. The summed E-state index contributed by atoms with van der Waals surface area (Å²) in [5.41, 5.74) is 3.93. The summed E-state index contributed by atoms with van der Waals surface area (Å²) in [5.74, 6) is -0.434. The van der Waals surface area contributed by atoms with Crippen molar-refractivity contribution in [1.29, 1.82) is 0 Å². The third-order valence-corrected chi connectivity index (χ3v) is 3.63. The van der Waals surface area contributed by atoms with Gasteiger partial charge in [-0.25, -0.2) is 14.8 Å². The molecular formula is C18H16N2O3. The van der Waals surface area contributed by atoms with Crippen molar-refractivity contribution >= 4 is 17.0 Å². The fourth-order valence-corrected chi connectivity index (χ4v) is 2.22. The number of hydrogen-bond donors (Lipinski definition) is 1. The number of aryl methyl sites for hydroxylation is 2. The van der Waals surface area contributed by atoms with E-state index < -0.39 is 5.97 Å². The number of nitrogens with zero attached hydrogens (tertiary/aromatic N) is 2. The van der Waals surface area contributed by atoms with Gasteiger partial charge in [-0.2, -0.15) is 0 Å². The fraction of sp³-hybridized carbons (Fsp3) is 0.167. The Hall–Kier alpha value is -2.95. The molecule has 116 valence electrons. The number of esters is 1. The molecule has 0 aliphatic carbocycles. The molecule has 0 atom stereocenters. The first-order valence-electron chi connectivity index (χ1n) is 7.23. The number of para-hydroxylation sites is 2. The zero-order valence-electron chi connectivity index (χ0n) is 12.9. The van der Waals surface area contributed by atoms with Gasteiger partial charge in [0.15, 0.2) is 0 Å². The van der Waals surface area contributed by atoms with E-state index in [1.54, 1.807) is 19.1 Å². The van der Waals surface area contributed by atoms with Gasteiger partial charge in [0.2, 0.25) is 0 Å². The Balaban J connectivity index is 1.78. The smallest absolute Gasteiger partial charge is 0.338 e. The molecule has 1 aromatic heterocycles. The van der Waals surface area contributed by atoms with Gasteiger partial charge in [-0.1, -0.05) is 18.2 Å². The number of aromatic hydroxyl groups is 1. The highest BCUT2D eigenvalue weighted by atomic mass is 16.5. The summed E-state index contributed by atoms with van der Waals surface area (Å²) < 4.78 is 5.29. The van der Waals surface area contributed by atoms with Crippen molar-refractivity contribution in [3.8, 4) is 5.75 Å². The monoisotopic (exact) mass is 308 g/mol. The maximum Gasteiger partial charge on any atom is 0.338 e. The highest BCUT2D eigenvalue weighted by Gasteiger charge is 2.12. The first-order chi connectivity index (χ1) is 11.0. The summed E-state index contributed by atoms with van der Waals surface area (Å²) in [6, 6.07) is 12.2. The zero-order valence-corrected chi connectivity index (χ0v) is 12.9. The lowest BCUT2D eigenvalue weighted by molar-refractivity contribution is 0.0466. The maximum absolute atomic E-state index is 12.1. The van der Waals surface area contributed by atoms with E-state index in [9.17, 15) is 9.90 Å². The lowest BCUT2D eigenvalue weighted by Crippen LogP contribution is -2.08. The van der Waals surface area contributed by atoms with Crippen LogP contribution in [0.3, 0.4) is 0 Å². The third-order valence-electron chi connectivity index (χ3n) is 3.63. The van der Waals surface area contributed by atoms with Crippen LogP contribution in [0.1, 0.15) is 27.3 Å². The normalized spacial score (nSPS) is 10.7. The van der Waals surface area contributed by atoms with Gasteiger partial charge in [0, 0.05) is 0 Å². The molecule has 0 saturated carbocycles. The Morgan fingerprint density at radius 2 is 1.78 bits per heavy atom. The van der Waals surface area contributed by atoms with Crippen molar-refractivity contribution in [1.82, 2.24) is 9.97 Å². The van der Waals surface area contributed by atoms with Crippen molar-refractivity contribution in [2.75, 3.05) is 0 Å². The van der Waals surface area contributed by atoms with E-state index in [0.717, 1.165) is 16.7 Å². The molecule has 3 aromatic rings. The van der Waals surface area contributed by atoms with Crippen molar-refractivity contribution in [3.63, 3.8) is 0 Å². The Morgan fingerprint density at radius 1 is 1.09 bits per heavy atom. The van der Waals surface area contributed by atoms with Crippen LogP contribution in [0.4, 0.5) is 0 Å². The molecule has 5 heteroatoms. The third kappa shape index (κ3) is 3.13. The summed E-state index contributed by atoms with van der Waals surface area (Å²) in [6.45, 7) is 3.63. The molecule has 3 rings (SSSR count). The molecule has 0 fully saturated rings. The highest BCUT2D eigenvalue weighted by molar-refractivity contribution is 5.90. The van der Waals surface area contributed by atoms with E-state index in [0.29, 0.717) is 16.8 Å². The van der Waals surface area contributed by atoms with Gasteiger partial charge in [-0.05, 0) is 43.7 Å². The number of carbonyl (C=O) groups excluding carboxylic acids is 1. The number of hydrogen-bond acceptors (Lipinski definition) is 5. The second-order valence-corrected chi connectivity index (χ2v) is 5.32. The molecule has 0 unspecified atom stereocenters. The molecule has 0 aliphatic rings. The molecule has 0 radical (unpaired) electrons. The Labute approximate surface area is 133 Å². The van der Waals surface area contributed by atoms with Crippen LogP contribution in [0.25, 0.3) is 11.0 Å². The predicted molar refractivity (Wildman–Crippen MR) is 86.2 cm³/mol. The van der Waals surface area contributed by atoms with E-state index in [2.05, 4.69) is 9.97 Å². The fourth-order valence-electron chi connectivity index (χ4n) is 2.22. The molecule has 0 spiro atoms. The quantitative estimate of drug-likeness (QED) is 0.752. The zero-order chi connectivity index (χ0) is 16.4. The molecular weight excluding hydrogens is 292 g/mol. The highest BCUT2D eigenvalue weighted by Crippen LogP contribution is 2.19. The van der Waals surface area contributed by atoms with Crippen molar-refractivity contribution in [2.24, 2.45) is 0 Å². The molecule has 2 aromatic carbocycles. The number of carbonyl (C=O) groups is 1. The lowest BCUT2D eigenvalue weighted by atomic mass is 10.1. The van der Waals surface area contributed by atoms with E-state index in [-0.39, 0.29) is 12.4 Å². The van der Waals surface area contributed by atoms with Crippen LogP contribution in [-0.2, 0) is 11.3 Å². The van der Waals surface area contributed by atoms with Gasteiger partial charge in [-0.15, -0.1) is 0 Å². The summed E-state index contributed by atoms with van der Waals surface area (Å²) >= 11 is 0. The van der Waals surface area contributed by atoms with Crippen LogP contribution in [0, 0.1) is 13.8 Å². The average Bonchev–Trinajstić information content (AvgIpc) is 2.55. The molecule has 0 amide bonds. The van der Waals surface area contributed by atoms with Crippen LogP contribution in [0.2, 0.25) is 0 Å². The second-order valence-electron chi connectivity index (χ2n) is 5.32. The standard InChI is InChI=1S/C18H16N2O3/c1-11-7-8-13(9-17(11)21)18(22)23-10-16-12(2)19-14-5-3-4-6-15(14)20-16/h3-9,21H,10H2,1-2H3. The predicted octanol–water partition coefficient (Wildman–Crippen LogP) is 3.31. The topological polar surface area (TPSA) is 72.3 Å². The summed E-state index contributed by atoms with van der Waals surface area (Å²) in [5, 5.41) is 9.67. The number of phenolic OH excluding ortho intramolecular Hbond substituents is 1. The largest absolute Gasteiger partial charge is 0.508 e. The molecule has 0 aliphatic heterocycles. The minimum absolute atomic E-state index is 0.0388. The molecule has 23 heavy (non-hydrogen) atoms. The van der Waals surface area contributed by atoms with Gasteiger partial charge >= 0.3 is 5.97 Å². The number of phenols is 1. The Kier molecular flexibility index (Phi) is 3.93. The second kappa shape index (κ2) is 6.04. The average molecular weight is 308 g/mol. The Morgan fingerprint density at radius 3 is 2.48 bits per heavy atom. The lowest BCUT2D eigenvalue weighted by Gasteiger charge is -2.08. The number of benzene rings is 2. The molecule has 0 saturated heterocycles. The first kappa shape index (κ1) is 15.0. The molecule has 5 nitrogen and oxygen atoms in total. The van der Waals surface area contributed by atoms with E-state index in [1.165, 1.54) is 6.07 Å². The van der Waals surface area contributed by atoms with E-state index in [1.807, 2.05) is 31.2 Å². The van der Waals surface area contributed by atoms with Crippen molar-refractivity contribution in [2.45, 2.75) is 20.5 Å². The van der Waals surface area contributed by atoms with Gasteiger partial charge in [0.05, 0.1) is 28.0 Å². The maximum atomic E-state index is 12.1. The number of fused-ring (bicyclic) bond motifs is 1. The summed E-state index contributed by atoms with van der Waals surface area (Å²) in [4.78, 5) is 21.0. The van der Waals surface area contributed by atoms with Crippen LogP contribution in [0.15, 0.2) is 42.5 Å². The summed E-state index contributed by atoms with van der Waals surface area (Å²) in [6.07, 6.45) is 0. The first-order valence-corrected chi connectivity index (χ1v) is 7.23. The van der Waals surface area contributed by atoms with Gasteiger partial charge in [-0.3, -0.25) is 0 Å². The van der Waals surface area contributed by atoms with E-state index in [4.69, 9.17) is 4.74 Å².